The minimum absolute atomic E-state index is 0.0112. The Bertz CT molecular complexity index is 621. The summed E-state index contributed by atoms with van der Waals surface area (Å²) in [6.45, 7) is 4.31. The number of nitrogen functional groups attached to an aromatic ring is 1. The molecule has 2 N–H and O–H groups in total. The van der Waals surface area contributed by atoms with Crippen LogP contribution in [0.15, 0.2) is 21.6 Å². The maximum Gasteiger partial charge on any atom is 0.246 e. The Labute approximate surface area is 135 Å². The van der Waals surface area contributed by atoms with Crippen LogP contribution in [0.1, 0.15) is 33.1 Å². The molecule has 1 heterocycles. The molecule has 0 amide bonds. The Morgan fingerprint density at radius 3 is 2.71 bits per heavy atom. The molecule has 2 rings (SSSR count). The first kappa shape index (κ1) is 16.7. The van der Waals surface area contributed by atoms with Crippen molar-refractivity contribution in [1.29, 1.82) is 0 Å². The van der Waals surface area contributed by atoms with Crippen molar-refractivity contribution in [2.45, 2.75) is 44.0 Å². The largest absolute Gasteiger partial charge is 0.383 e. The molecular formula is C14H22BrN3O2S. The van der Waals surface area contributed by atoms with Gasteiger partial charge in [0.1, 0.15) is 10.7 Å². The van der Waals surface area contributed by atoms with Crippen LogP contribution in [0.3, 0.4) is 0 Å². The lowest BCUT2D eigenvalue weighted by Gasteiger charge is -2.39. The van der Waals surface area contributed by atoms with Gasteiger partial charge in [-0.15, -0.1) is 0 Å². The van der Waals surface area contributed by atoms with E-state index in [1.54, 1.807) is 7.05 Å². The average Bonchev–Trinajstić information content (AvgIpc) is 2.43. The predicted molar refractivity (Wildman–Crippen MR) is 87.3 cm³/mol. The third-order valence-electron chi connectivity index (χ3n) is 4.64. The van der Waals surface area contributed by atoms with Crippen molar-refractivity contribution in [3.05, 3.63) is 16.7 Å². The maximum absolute atomic E-state index is 12.8. The van der Waals surface area contributed by atoms with Gasteiger partial charge in [0.25, 0.3) is 0 Å². The normalized spacial score (nSPS) is 27.0. The quantitative estimate of drug-likeness (QED) is 0.880. The zero-order valence-electron chi connectivity index (χ0n) is 12.6. The molecule has 7 heteroatoms. The van der Waals surface area contributed by atoms with Crippen LogP contribution in [0.4, 0.5) is 5.82 Å². The summed E-state index contributed by atoms with van der Waals surface area (Å²) >= 11 is 3.25. The van der Waals surface area contributed by atoms with Gasteiger partial charge in [0.05, 0.1) is 0 Å². The van der Waals surface area contributed by atoms with E-state index in [2.05, 4.69) is 34.8 Å². The molecule has 0 saturated heterocycles. The van der Waals surface area contributed by atoms with Crippen LogP contribution in [0.25, 0.3) is 0 Å². The molecule has 21 heavy (non-hydrogen) atoms. The van der Waals surface area contributed by atoms with E-state index in [0.717, 1.165) is 19.3 Å². The number of halogens is 1. The first-order chi connectivity index (χ1) is 9.75. The highest BCUT2D eigenvalue weighted by Crippen LogP contribution is 2.35. The van der Waals surface area contributed by atoms with Gasteiger partial charge in [-0.1, -0.05) is 26.7 Å². The van der Waals surface area contributed by atoms with Gasteiger partial charge in [-0.3, -0.25) is 0 Å². The van der Waals surface area contributed by atoms with Gasteiger partial charge in [0.15, 0.2) is 0 Å². The summed E-state index contributed by atoms with van der Waals surface area (Å²) in [5.74, 6) is 0.904. The second kappa shape index (κ2) is 6.22. The lowest BCUT2D eigenvalue weighted by atomic mass is 9.78. The van der Waals surface area contributed by atoms with Crippen LogP contribution in [-0.4, -0.2) is 30.8 Å². The Kier molecular flexibility index (Phi) is 4.95. The first-order valence-electron chi connectivity index (χ1n) is 7.14. The Morgan fingerprint density at radius 1 is 1.38 bits per heavy atom. The molecule has 5 nitrogen and oxygen atoms in total. The van der Waals surface area contributed by atoms with Crippen LogP contribution < -0.4 is 5.73 Å². The van der Waals surface area contributed by atoms with Crippen LogP contribution in [0.2, 0.25) is 0 Å². The van der Waals surface area contributed by atoms with Gasteiger partial charge < -0.3 is 5.73 Å². The van der Waals surface area contributed by atoms with Crippen molar-refractivity contribution >= 4 is 31.8 Å². The topological polar surface area (TPSA) is 76.3 Å². The number of rotatable bonds is 3. The van der Waals surface area contributed by atoms with Gasteiger partial charge in [-0.05, 0) is 40.3 Å². The van der Waals surface area contributed by atoms with E-state index in [-0.39, 0.29) is 16.8 Å². The number of sulfonamides is 1. The number of anilines is 1. The lowest BCUT2D eigenvalue weighted by molar-refractivity contribution is 0.159. The van der Waals surface area contributed by atoms with E-state index in [9.17, 15) is 8.42 Å². The molecule has 0 aliphatic heterocycles. The molecule has 3 atom stereocenters. The number of hydrogen-bond acceptors (Lipinski definition) is 4. The zero-order valence-corrected chi connectivity index (χ0v) is 15.0. The Balaban J connectivity index is 2.36. The van der Waals surface area contributed by atoms with E-state index in [4.69, 9.17) is 5.73 Å². The van der Waals surface area contributed by atoms with Gasteiger partial charge in [0, 0.05) is 23.8 Å². The van der Waals surface area contributed by atoms with Crippen LogP contribution in [-0.2, 0) is 10.0 Å². The fourth-order valence-electron chi connectivity index (χ4n) is 3.04. The second-order valence-corrected chi connectivity index (χ2v) is 8.77. The molecule has 1 aromatic rings. The predicted octanol–water partition coefficient (Wildman–Crippen LogP) is 2.87. The van der Waals surface area contributed by atoms with Crippen LogP contribution in [0, 0.1) is 11.8 Å². The highest BCUT2D eigenvalue weighted by Gasteiger charge is 2.36. The van der Waals surface area contributed by atoms with E-state index < -0.39 is 10.0 Å². The molecule has 0 radical (unpaired) electrons. The van der Waals surface area contributed by atoms with Crippen LogP contribution >= 0.6 is 15.9 Å². The minimum Gasteiger partial charge on any atom is -0.383 e. The lowest BCUT2D eigenvalue weighted by Crippen LogP contribution is -2.45. The summed E-state index contributed by atoms with van der Waals surface area (Å²) in [4.78, 5) is 4.01. The minimum atomic E-state index is -3.63. The smallest absolute Gasteiger partial charge is 0.246 e. The van der Waals surface area contributed by atoms with Crippen LogP contribution in [0.5, 0.6) is 0 Å². The molecule has 118 valence electrons. The summed E-state index contributed by atoms with van der Waals surface area (Å²) in [5.41, 5.74) is 5.77. The SMILES string of the molecule is CC1CCCC(N(C)S(=O)(=O)c2cc(Br)cnc2N)C1C. The van der Waals surface area contributed by atoms with Crippen molar-refractivity contribution in [2.75, 3.05) is 12.8 Å². The fraction of sp³-hybridized carbons (Fsp3) is 0.643. The molecule has 1 aromatic heterocycles. The molecule has 1 aliphatic rings. The van der Waals surface area contributed by atoms with E-state index in [0.29, 0.717) is 16.3 Å². The molecule has 1 saturated carbocycles. The number of hydrogen-bond donors (Lipinski definition) is 1. The number of nitrogens with zero attached hydrogens (tertiary/aromatic N) is 2. The molecule has 3 unspecified atom stereocenters. The van der Waals surface area contributed by atoms with Gasteiger partial charge in [-0.2, -0.15) is 4.31 Å². The summed E-state index contributed by atoms with van der Waals surface area (Å²) < 4.78 is 27.8. The van der Waals surface area contributed by atoms with Gasteiger partial charge in [-0.25, -0.2) is 13.4 Å². The van der Waals surface area contributed by atoms with E-state index in [1.807, 2.05) is 0 Å². The average molecular weight is 376 g/mol. The molecule has 0 aromatic carbocycles. The van der Waals surface area contributed by atoms with Gasteiger partial charge in [0.2, 0.25) is 10.0 Å². The number of pyridine rings is 1. The monoisotopic (exact) mass is 375 g/mol. The third kappa shape index (κ3) is 3.24. The van der Waals surface area contributed by atoms with Crippen molar-refractivity contribution in [3.63, 3.8) is 0 Å². The number of aromatic nitrogens is 1. The van der Waals surface area contributed by atoms with Crippen molar-refractivity contribution in [1.82, 2.24) is 9.29 Å². The highest BCUT2D eigenvalue weighted by atomic mass is 79.9. The molecule has 1 fully saturated rings. The van der Waals surface area contributed by atoms with E-state index >= 15 is 0 Å². The third-order valence-corrected chi connectivity index (χ3v) is 6.98. The molecule has 1 aliphatic carbocycles. The number of nitrogens with two attached hydrogens (primary N) is 1. The zero-order chi connectivity index (χ0) is 15.8. The maximum atomic E-state index is 12.8. The van der Waals surface area contributed by atoms with Gasteiger partial charge >= 0.3 is 0 Å². The summed E-state index contributed by atoms with van der Waals surface area (Å²) in [5, 5.41) is 0. The standard InChI is InChI=1S/C14H22BrN3O2S/c1-9-5-4-6-12(10(9)2)18(3)21(19,20)13-7-11(15)8-17-14(13)16/h7-10,12H,4-6H2,1-3H3,(H2,16,17). The molecule has 0 spiro atoms. The fourth-order valence-corrected chi connectivity index (χ4v) is 5.08. The summed E-state index contributed by atoms with van der Waals surface area (Å²) in [6, 6.07) is 1.53. The first-order valence-corrected chi connectivity index (χ1v) is 9.37. The summed E-state index contributed by atoms with van der Waals surface area (Å²) in [6.07, 6.45) is 4.61. The Morgan fingerprint density at radius 2 is 2.05 bits per heavy atom. The van der Waals surface area contributed by atoms with Crippen molar-refractivity contribution < 1.29 is 8.42 Å². The van der Waals surface area contributed by atoms with Crippen molar-refractivity contribution in [2.24, 2.45) is 11.8 Å². The molecule has 0 bridgehead atoms. The Hall–Kier alpha value is -0.660. The summed E-state index contributed by atoms with van der Waals surface area (Å²) in [7, 11) is -1.98. The van der Waals surface area contributed by atoms with Crippen molar-refractivity contribution in [3.8, 4) is 0 Å². The second-order valence-electron chi connectivity index (χ2n) is 5.89. The highest BCUT2D eigenvalue weighted by molar-refractivity contribution is 9.10. The van der Waals surface area contributed by atoms with E-state index in [1.165, 1.54) is 16.6 Å². The molecular weight excluding hydrogens is 354 g/mol.